The highest BCUT2D eigenvalue weighted by atomic mass is 16.6. The number of rotatable bonds is 8. The van der Waals surface area contributed by atoms with Gasteiger partial charge in [0.25, 0.3) is 11.4 Å². The van der Waals surface area contributed by atoms with Crippen molar-refractivity contribution in [1.29, 1.82) is 0 Å². The molecule has 2 N–H and O–H groups in total. The summed E-state index contributed by atoms with van der Waals surface area (Å²) in [6.07, 6.45) is 0. The highest BCUT2D eigenvalue weighted by Crippen LogP contribution is 2.25. The summed E-state index contributed by atoms with van der Waals surface area (Å²) in [6.45, 7) is 0. The van der Waals surface area contributed by atoms with Crippen LogP contribution < -0.4 is 10.6 Å². The minimum Gasteiger partial charge on any atom is -0.465 e. The van der Waals surface area contributed by atoms with E-state index in [4.69, 9.17) is 9.47 Å². The van der Waals surface area contributed by atoms with Crippen molar-refractivity contribution in [3.63, 3.8) is 0 Å². The van der Waals surface area contributed by atoms with Crippen molar-refractivity contribution < 1.29 is 28.9 Å². The maximum atomic E-state index is 12.5. The normalized spacial score (nSPS) is 10.6. The van der Waals surface area contributed by atoms with Crippen LogP contribution in [-0.4, -0.2) is 41.7 Å². The van der Waals surface area contributed by atoms with Gasteiger partial charge in [0, 0.05) is 35.6 Å². The molecule has 0 aliphatic heterocycles. The van der Waals surface area contributed by atoms with Gasteiger partial charge in [0.2, 0.25) is 0 Å². The van der Waals surface area contributed by atoms with Gasteiger partial charge in [-0.1, -0.05) is 0 Å². The summed E-state index contributed by atoms with van der Waals surface area (Å²) in [5, 5.41) is 26.9. The van der Waals surface area contributed by atoms with Gasteiger partial charge in [-0.3, -0.25) is 20.2 Å². The van der Waals surface area contributed by atoms with Crippen molar-refractivity contribution in [3.8, 4) is 0 Å². The molecular weight excluding hydrogens is 388 g/mol. The van der Waals surface area contributed by atoms with Crippen molar-refractivity contribution in [2.75, 3.05) is 24.9 Å². The predicted molar refractivity (Wildman–Crippen MR) is 100 cm³/mol. The fourth-order valence-electron chi connectivity index (χ4n) is 2.39. The molecule has 0 saturated carbocycles. The lowest BCUT2D eigenvalue weighted by Crippen LogP contribution is -2.60. The molecule has 2 rings (SSSR count). The number of hydrogen-bond acceptors (Lipinski definition) is 10. The number of carbonyl (C=O) groups excluding carboxylic acids is 2. The van der Waals surface area contributed by atoms with Crippen molar-refractivity contribution >= 4 is 34.7 Å². The summed E-state index contributed by atoms with van der Waals surface area (Å²) >= 11 is 0. The van der Waals surface area contributed by atoms with Crippen LogP contribution in [-0.2, 0) is 19.1 Å². The van der Waals surface area contributed by atoms with Crippen molar-refractivity contribution in [2.24, 2.45) is 0 Å². The second kappa shape index (κ2) is 8.65. The second-order valence-electron chi connectivity index (χ2n) is 5.59. The van der Waals surface area contributed by atoms with Gasteiger partial charge in [-0.25, -0.2) is 9.59 Å². The summed E-state index contributed by atoms with van der Waals surface area (Å²) in [4.78, 5) is 45.4. The van der Waals surface area contributed by atoms with Crippen LogP contribution in [0, 0.1) is 20.2 Å². The van der Waals surface area contributed by atoms with Crippen LogP contribution in [0.15, 0.2) is 48.5 Å². The number of carbonyl (C=O) groups is 2. The van der Waals surface area contributed by atoms with Crippen LogP contribution in [0.3, 0.4) is 0 Å². The van der Waals surface area contributed by atoms with Gasteiger partial charge in [0.15, 0.2) is 0 Å². The quantitative estimate of drug-likeness (QED) is 0.219. The number of nitro benzene ring substituents is 2. The lowest BCUT2D eigenvalue weighted by Gasteiger charge is -2.31. The molecular formula is C17H16N4O8. The molecule has 0 aliphatic rings. The minimum absolute atomic E-state index is 0.167. The number of methoxy groups -OCH3 is 2. The van der Waals surface area contributed by atoms with Gasteiger partial charge in [-0.2, -0.15) is 0 Å². The van der Waals surface area contributed by atoms with Crippen molar-refractivity contribution in [1.82, 2.24) is 0 Å². The minimum atomic E-state index is -2.27. The van der Waals surface area contributed by atoms with Gasteiger partial charge in [-0.15, -0.1) is 0 Å². The maximum Gasteiger partial charge on any atom is 0.364 e. The molecule has 12 heteroatoms. The summed E-state index contributed by atoms with van der Waals surface area (Å²) in [5.41, 5.74) is -2.32. The van der Waals surface area contributed by atoms with E-state index in [9.17, 15) is 29.8 Å². The van der Waals surface area contributed by atoms with E-state index in [-0.39, 0.29) is 22.7 Å². The summed E-state index contributed by atoms with van der Waals surface area (Å²) in [6, 6.07) is 9.85. The first-order valence-corrected chi connectivity index (χ1v) is 7.95. The number of anilines is 2. The Hall–Kier alpha value is -4.22. The molecule has 0 heterocycles. The standard InChI is InChI=1S/C17H16N4O8/c1-28-15(22)17(16(23)29-2,18-11-3-7-13(8-4-11)20(24)25)19-12-5-9-14(10-6-12)21(26)27/h3-10,18-19H,1-2H3. The molecule has 0 aromatic heterocycles. The smallest absolute Gasteiger partial charge is 0.364 e. The van der Waals surface area contributed by atoms with E-state index < -0.39 is 27.4 Å². The first kappa shape index (κ1) is 21.1. The molecule has 152 valence electrons. The van der Waals surface area contributed by atoms with Crippen molar-refractivity contribution in [3.05, 3.63) is 68.8 Å². The van der Waals surface area contributed by atoms with Crippen LogP contribution in [0.25, 0.3) is 0 Å². The third-order valence-electron chi connectivity index (χ3n) is 3.80. The third-order valence-corrected chi connectivity index (χ3v) is 3.80. The molecule has 0 spiro atoms. The topological polar surface area (TPSA) is 163 Å². The Kier molecular flexibility index (Phi) is 6.29. The van der Waals surface area contributed by atoms with Crippen molar-refractivity contribution in [2.45, 2.75) is 5.66 Å². The maximum absolute atomic E-state index is 12.5. The van der Waals surface area contributed by atoms with Crippen LogP contribution in [0.2, 0.25) is 0 Å². The zero-order valence-electron chi connectivity index (χ0n) is 15.3. The molecule has 0 unspecified atom stereocenters. The van der Waals surface area contributed by atoms with E-state index in [2.05, 4.69) is 10.6 Å². The van der Waals surface area contributed by atoms with E-state index in [0.717, 1.165) is 14.2 Å². The summed E-state index contributed by atoms with van der Waals surface area (Å²) in [5.74, 6) is -2.14. The Morgan fingerprint density at radius 1 is 0.759 bits per heavy atom. The Labute approximate surface area is 163 Å². The zero-order valence-corrected chi connectivity index (χ0v) is 15.3. The molecule has 0 radical (unpaired) electrons. The van der Waals surface area contributed by atoms with Gasteiger partial charge in [0.05, 0.1) is 24.1 Å². The van der Waals surface area contributed by atoms with Crippen LogP contribution in [0.4, 0.5) is 22.7 Å². The number of nitrogens with zero attached hydrogens (tertiary/aromatic N) is 2. The number of nitro groups is 2. The fourth-order valence-corrected chi connectivity index (χ4v) is 2.39. The van der Waals surface area contributed by atoms with Gasteiger partial charge < -0.3 is 20.1 Å². The van der Waals surface area contributed by atoms with Crippen LogP contribution >= 0.6 is 0 Å². The number of non-ortho nitro benzene ring substituents is 2. The van der Waals surface area contributed by atoms with E-state index in [1.54, 1.807) is 0 Å². The third kappa shape index (κ3) is 4.55. The number of esters is 2. The molecule has 0 saturated heterocycles. The molecule has 2 aromatic rings. The van der Waals surface area contributed by atoms with E-state index in [1.165, 1.54) is 48.5 Å². The zero-order chi connectivity index (χ0) is 21.6. The Morgan fingerprint density at radius 3 is 1.31 bits per heavy atom. The molecule has 0 bridgehead atoms. The Bertz CT molecular complexity index is 850. The van der Waals surface area contributed by atoms with Gasteiger partial charge in [0.1, 0.15) is 0 Å². The first-order valence-electron chi connectivity index (χ1n) is 7.95. The average molecular weight is 404 g/mol. The fraction of sp³-hybridized carbons (Fsp3) is 0.176. The highest BCUT2D eigenvalue weighted by molar-refractivity contribution is 6.10. The lowest BCUT2D eigenvalue weighted by molar-refractivity contribution is -0.385. The SMILES string of the molecule is COC(=O)C(Nc1ccc([N+](=O)[O-])cc1)(Nc1ccc([N+](=O)[O-])cc1)C(=O)OC. The molecule has 29 heavy (non-hydrogen) atoms. The monoisotopic (exact) mass is 404 g/mol. The van der Waals surface area contributed by atoms with E-state index >= 15 is 0 Å². The number of hydrogen-bond donors (Lipinski definition) is 2. The first-order chi connectivity index (χ1) is 13.7. The van der Waals surface area contributed by atoms with E-state index in [0.29, 0.717) is 0 Å². The second-order valence-corrected chi connectivity index (χ2v) is 5.59. The van der Waals surface area contributed by atoms with Gasteiger partial charge >= 0.3 is 17.6 Å². The molecule has 0 aliphatic carbocycles. The Balaban J connectivity index is 2.46. The number of benzene rings is 2. The van der Waals surface area contributed by atoms with Gasteiger partial charge in [-0.05, 0) is 24.3 Å². The highest BCUT2D eigenvalue weighted by Gasteiger charge is 2.49. The predicted octanol–water partition coefficient (Wildman–Crippen LogP) is 2.07. The molecule has 0 amide bonds. The molecule has 12 nitrogen and oxygen atoms in total. The van der Waals surface area contributed by atoms with Crippen LogP contribution in [0.1, 0.15) is 0 Å². The number of nitrogens with one attached hydrogen (secondary N) is 2. The van der Waals surface area contributed by atoms with E-state index in [1.807, 2.05) is 0 Å². The molecule has 0 fully saturated rings. The lowest BCUT2D eigenvalue weighted by atomic mass is 10.1. The largest absolute Gasteiger partial charge is 0.465 e. The van der Waals surface area contributed by atoms with Crippen LogP contribution in [0.5, 0.6) is 0 Å². The number of ether oxygens (including phenoxy) is 2. The summed E-state index contributed by atoms with van der Waals surface area (Å²) in [7, 11) is 2.10. The molecule has 2 aromatic carbocycles. The Morgan fingerprint density at radius 2 is 1.07 bits per heavy atom. The summed E-state index contributed by atoms with van der Waals surface area (Å²) < 4.78 is 9.45. The molecule has 0 atom stereocenters. The average Bonchev–Trinajstić information content (AvgIpc) is 2.72.